The van der Waals surface area contributed by atoms with E-state index >= 15 is 0 Å². The minimum atomic E-state index is -0.279. The summed E-state index contributed by atoms with van der Waals surface area (Å²) in [6, 6.07) is 0. The molecular weight excluding hydrogens is 248 g/mol. The normalized spacial score (nSPS) is 17.4. The van der Waals surface area contributed by atoms with Crippen LogP contribution in [0.1, 0.15) is 86.0 Å². The van der Waals surface area contributed by atoms with Crippen LogP contribution in [0.3, 0.4) is 0 Å². The van der Waals surface area contributed by atoms with Crippen molar-refractivity contribution in [3.63, 3.8) is 0 Å². The van der Waals surface area contributed by atoms with Crippen molar-refractivity contribution in [1.29, 1.82) is 0 Å². The van der Waals surface area contributed by atoms with Crippen LogP contribution >= 0.6 is 0 Å². The number of carbonyl (C=O) groups excluding carboxylic acids is 2. The Morgan fingerprint density at radius 3 is 1.50 bits per heavy atom. The lowest BCUT2D eigenvalue weighted by atomic mass is 9.60. The van der Waals surface area contributed by atoms with Gasteiger partial charge in [-0.2, -0.15) is 0 Å². The van der Waals surface area contributed by atoms with Crippen LogP contribution in [-0.2, 0) is 9.59 Å². The highest BCUT2D eigenvalue weighted by Crippen LogP contribution is 2.49. The van der Waals surface area contributed by atoms with Crippen molar-refractivity contribution in [2.75, 3.05) is 0 Å². The van der Waals surface area contributed by atoms with Crippen LogP contribution in [-0.4, -0.2) is 11.6 Å². The summed E-state index contributed by atoms with van der Waals surface area (Å²) in [4.78, 5) is 23.4. The van der Waals surface area contributed by atoms with Crippen LogP contribution in [0.15, 0.2) is 0 Å². The molecule has 2 nitrogen and oxygen atoms in total. The minimum absolute atomic E-state index is 0.165. The van der Waals surface area contributed by atoms with Gasteiger partial charge in [-0.3, -0.25) is 9.59 Å². The predicted molar refractivity (Wildman–Crippen MR) is 83.7 cm³/mol. The second-order valence-corrected chi connectivity index (χ2v) is 6.81. The summed E-state index contributed by atoms with van der Waals surface area (Å²) in [5.74, 6) is 0.0749. The Morgan fingerprint density at radius 2 is 1.20 bits per heavy atom. The van der Waals surface area contributed by atoms with Crippen LogP contribution in [0, 0.1) is 16.7 Å². The molecule has 0 saturated heterocycles. The molecule has 0 radical (unpaired) electrons. The fourth-order valence-electron chi connectivity index (χ4n) is 3.91. The molecule has 20 heavy (non-hydrogen) atoms. The number of rotatable bonds is 9. The van der Waals surface area contributed by atoms with Crippen molar-refractivity contribution in [2.45, 2.75) is 86.0 Å². The first-order chi connectivity index (χ1) is 9.41. The third-order valence-corrected chi connectivity index (χ3v) is 6.26. The first kappa shape index (κ1) is 17.4. The van der Waals surface area contributed by atoms with E-state index in [9.17, 15) is 9.59 Å². The van der Waals surface area contributed by atoms with Crippen LogP contribution < -0.4 is 0 Å². The molecule has 1 saturated carbocycles. The highest BCUT2D eigenvalue weighted by molar-refractivity contribution is 6.21. The molecule has 1 aliphatic carbocycles. The van der Waals surface area contributed by atoms with E-state index in [0.29, 0.717) is 5.41 Å². The van der Waals surface area contributed by atoms with Gasteiger partial charge in [0.15, 0.2) is 11.6 Å². The van der Waals surface area contributed by atoms with E-state index in [4.69, 9.17) is 0 Å². The molecule has 0 aromatic carbocycles. The van der Waals surface area contributed by atoms with Crippen molar-refractivity contribution >= 4 is 11.6 Å². The second-order valence-electron chi connectivity index (χ2n) is 6.81. The van der Waals surface area contributed by atoms with E-state index < -0.39 is 0 Å². The van der Waals surface area contributed by atoms with Gasteiger partial charge in [0.2, 0.25) is 0 Å². The second kappa shape index (κ2) is 6.87. The largest absolute Gasteiger partial charge is 0.298 e. The molecule has 0 spiro atoms. The van der Waals surface area contributed by atoms with Crippen LogP contribution in [0.25, 0.3) is 0 Å². The fraction of sp³-hybridized carbons (Fsp3) is 0.889. The predicted octanol–water partition coefficient (Wildman–Crippen LogP) is 4.95. The van der Waals surface area contributed by atoms with E-state index in [-0.39, 0.29) is 29.3 Å². The van der Waals surface area contributed by atoms with Gasteiger partial charge in [0.1, 0.15) is 0 Å². The number of carbonyl (C=O) groups is 2. The van der Waals surface area contributed by atoms with Crippen molar-refractivity contribution in [1.82, 2.24) is 0 Å². The lowest BCUT2D eigenvalue weighted by Gasteiger charge is -2.44. The molecule has 1 aliphatic rings. The Balaban J connectivity index is 2.90. The van der Waals surface area contributed by atoms with Crippen molar-refractivity contribution in [2.24, 2.45) is 16.7 Å². The average Bonchev–Trinajstić information content (AvgIpc) is 2.49. The summed E-state index contributed by atoms with van der Waals surface area (Å²) < 4.78 is 0. The summed E-state index contributed by atoms with van der Waals surface area (Å²) in [5, 5.41) is 0. The topological polar surface area (TPSA) is 34.1 Å². The van der Waals surface area contributed by atoms with Crippen LogP contribution in [0.2, 0.25) is 0 Å². The summed E-state index contributed by atoms with van der Waals surface area (Å²) in [7, 11) is 0. The standard InChI is InChI=1S/C18H32O2/c1-6-17(7-2,8-3)13-18(9-4,10-5)12-14-15(19)11-16(14)20/h14H,6-13H2,1-5H3. The quantitative estimate of drug-likeness (QED) is 0.560. The fourth-order valence-corrected chi connectivity index (χ4v) is 3.91. The molecule has 1 fully saturated rings. The summed E-state index contributed by atoms with van der Waals surface area (Å²) in [5.41, 5.74) is 0.542. The lowest BCUT2D eigenvalue weighted by molar-refractivity contribution is -0.146. The lowest BCUT2D eigenvalue weighted by Crippen LogP contribution is -2.43. The first-order valence-electron chi connectivity index (χ1n) is 8.46. The van der Waals surface area contributed by atoms with Gasteiger partial charge in [-0.05, 0) is 23.7 Å². The highest BCUT2D eigenvalue weighted by Gasteiger charge is 2.45. The van der Waals surface area contributed by atoms with E-state index in [1.165, 1.54) is 19.3 Å². The monoisotopic (exact) mass is 280 g/mol. The number of hydrogen-bond acceptors (Lipinski definition) is 2. The molecule has 0 aromatic rings. The molecule has 0 heterocycles. The summed E-state index contributed by atoms with van der Waals surface area (Å²) in [6.07, 6.45) is 7.85. The van der Waals surface area contributed by atoms with E-state index in [1.54, 1.807) is 0 Å². The van der Waals surface area contributed by atoms with E-state index in [2.05, 4.69) is 34.6 Å². The Kier molecular flexibility index (Phi) is 5.97. The van der Waals surface area contributed by atoms with Gasteiger partial charge < -0.3 is 0 Å². The molecule has 0 atom stereocenters. The smallest absolute Gasteiger partial charge is 0.150 e. The molecule has 2 heteroatoms. The maximum atomic E-state index is 11.7. The van der Waals surface area contributed by atoms with E-state index in [0.717, 1.165) is 25.7 Å². The number of hydrogen-bond donors (Lipinski definition) is 0. The zero-order chi connectivity index (χ0) is 15.4. The van der Waals surface area contributed by atoms with E-state index in [1.807, 2.05) is 0 Å². The average molecular weight is 280 g/mol. The van der Waals surface area contributed by atoms with Gasteiger partial charge in [-0.25, -0.2) is 0 Å². The van der Waals surface area contributed by atoms with Crippen LogP contribution in [0.4, 0.5) is 0 Å². The first-order valence-corrected chi connectivity index (χ1v) is 8.46. The van der Waals surface area contributed by atoms with Crippen LogP contribution in [0.5, 0.6) is 0 Å². The molecule has 0 bridgehead atoms. The number of ketones is 2. The summed E-state index contributed by atoms with van der Waals surface area (Å²) >= 11 is 0. The zero-order valence-corrected chi connectivity index (χ0v) is 14.1. The maximum Gasteiger partial charge on any atom is 0.150 e. The maximum absolute atomic E-state index is 11.7. The van der Waals surface area contributed by atoms with Gasteiger partial charge in [0.25, 0.3) is 0 Å². The molecule has 0 N–H and O–H groups in total. The molecule has 1 rings (SSSR count). The van der Waals surface area contributed by atoms with Crippen molar-refractivity contribution in [3.05, 3.63) is 0 Å². The van der Waals surface area contributed by atoms with Gasteiger partial charge >= 0.3 is 0 Å². The molecule has 0 unspecified atom stereocenters. The van der Waals surface area contributed by atoms with Gasteiger partial charge in [-0.15, -0.1) is 0 Å². The third kappa shape index (κ3) is 3.32. The SMILES string of the molecule is CCC(CC)(CC)CC(CC)(CC)CC1C(=O)CC1=O. The molecule has 116 valence electrons. The molecular formula is C18H32O2. The minimum Gasteiger partial charge on any atom is -0.298 e. The molecule has 0 amide bonds. The highest BCUT2D eigenvalue weighted by atomic mass is 16.2. The Morgan fingerprint density at radius 1 is 0.800 bits per heavy atom. The van der Waals surface area contributed by atoms with Crippen molar-refractivity contribution < 1.29 is 9.59 Å². The van der Waals surface area contributed by atoms with Gasteiger partial charge in [0.05, 0.1) is 12.3 Å². The van der Waals surface area contributed by atoms with Gasteiger partial charge in [0, 0.05) is 0 Å². The summed E-state index contributed by atoms with van der Waals surface area (Å²) in [6.45, 7) is 11.3. The van der Waals surface area contributed by atoms with Gasteiger partial charge in [-0.1, -0.05) is 66.7 Å². The zero-order valence-electron chi connectivity index (χ0n) is 14.1. The third-order valence-electron chi connectivity index (χ3n) is 6.26. The Hall–Kier alpha value is -0.660. The molecule has 0 aromatic heterocycles. The number of Topliss-reactive ketones (excluding diaryl/α,β-unsaturated/α-hetero) is 2. The molecule has 0 aliphatic heterocycles. The Labute approximate surface area is 124 Å². The Bertz CT molecular complexity index is 326. The van der Waals surface area contributed by atoms with Crippen molar-refractivity contribution in [3.8, 4) is 0 Å².